The maximum absolute atomic E-state index is 14.0. The molecule has 1 aliphatic rings. The minimum absolute atomic E-state index is 0.207. The molecule has 0 aromatic heterocycles. The first kappa shape index (κ1) is 22.2. The highest BCUT2D eigenvalue weighted by molar-refractivity contribution is 6.31. The minimum atomic E-state index is -0.784. The molecule has 3 aromatic carbocycles. The molecule has 0 N–H and O–H groups in total. The van der Waals surface area contributed by atoms with Gasteiger partial charge in [0.2, 0.25) is 0 Å². The van der Waals surface area contributed by atoms with Crippen LogP contribution < -0.4 is 9.80 Å². The molecule has 5 nitrogen and oxygen atoms in total. The molecule has 7 heteroatoms. The van der Waals surface area contributed by atoms with Crippen LogP contribution >= 0.6 is 23.2 Å². The summed E-state index contributed by atoms with van der Waals surface area (Å²) in [6, 6.07) is 23.2. The molecule has 2 unspecified atom stereocenters. The van der Waals surface area contributed by atoms with Crippen LogP contribution in [0.25, 0.3) is 0 Å². The van der Waals surface area contributed by atoms with E-state index in [9.17, 15) is 10.1 Å². The summed E-state index contributed by atoms with van der Waals surface area (Å²) in [5, 5.41) is 10.6. The van der Waals surface area contributed by atoms with Crippen molar-refractivity contribution in [1.82, 2.24) is 0 Å². The summed E-state index contributed by atoms with van der Waals surface area (Å²) in [6.07, 6.45) is 0. The highest BCUT2D eigenvalue weighted by Gasteiger charge is 2.56. The van der Waals surface area contributed by atoms with E-state index in [0.717, 1.165) is 5.56 Å². The number of urea groups is 1. The molecule has 2 atom stereocenters. The summed E-state index contributed by atoms with van der Waals surface area (Å²) in [6.45, 7) is 2.26. The van der Waals surface area contributed by atoms with E-state index in [1.54, 1.807) is 47.2 Å². The Morgan fingerprint density at radius 3 is 2.16 bits per heavy atom. The number of amides is 2. The van der Waals surface area contributed by atoms with Crippen LogP contribution in [0.2, 0.25) is 10.0 Å². The van der Waals surface area contributed by atoms with Crippen molar-refractivity contribution < 1.29 is 9.53 Å². The number of hydrogen-bond acceptors (Lipinski definition) is 3. The summed E-state index contributed by atoms with van der Waals surface area (Å²) in [4.78, 5) is 17.4. The zero-order chi connectivity index (χ0) is 22.9. The third kappa shape index (κ3) is 3.82. The number of nitriles is 1. The van der Waals surface area contributed by atoms with E-state index in [-0.39, 0.29) is 12.6 Å². The van der Waals surface area contributed by atoms with Gasteiger partial charge in [0.1, 0.15) is 0 Å². The van der Waals surface area contributed by atoms with Crippen molar-refractivity contribution in [2.24, 2.45) is 0 Å². The van der Waals surface area contributed by atoms with Crippen LogP contribution in [-0.2, 0) is 4.74 Å². The maximum atomic E-state index is 14.0. The Labute approximate surface area is 197 Å². The largest absolute Gasteiger partial charge is 0.382 e. The van der Waals surface area contributed by atoms with Gasteiger partial charge in [-0.15, -0.1) is 0 Å². The summed E-state index contributed by atoms with van der Waals surface area (Å²) in [7, 11) is 1.61. The van der Waals surface area contributed by atoms with Gasteiger partial charge in [-0.3, -0.25) is 9.80 Å². The number of methoxy groups -OCH3 is 1. The fourth-order valence-corrected chi connectivity index (χ4v) is 4.67. The topological polar surface area (TPSA) is 56.6 Å². The Morgan fingerprint density at radius 1 is 1.00 bits per heavy atom. The van der Waals surface area contributed by atoms with Gasteiger partial charge in [0, 0.05) is 28.5 Å². The number of halogens is 2. The molecule has 1 heterocycles. The van der Waals surface area contributed by atoms with E-state index >= 15 is 0 Å². The molecular formula is C25H21Cl2N3O2. The Kier molecular flexibility index (Phi) is 6.12. The van der Waals surface area contributed by atoms with E-state index in [1.807, 2.05) is 49.4 Å². The molecule has 2 amide bonds. The molecule has 0 bridgehead atoms. The number of hydrogen-bond donors (Lipinski definition) is 0. The second kappa shape index (κ2) is 8.84. The van der Waals surface area contributed by atoms with Gasteiger partial charge in [0.05, 0.1) is 29.8 Å². The van der Waals surface area contributed by atoms with Crippen molar-refractivity contribution >= 4 is 40.6 Å². The lowest BCUT2D eigenvalue weighted by atomic mass is 9.86. The molecule has 1 saturated heterocycles. The summed E-state index contributed by atoms with van der Waals surface area (Å²) < 4.78 is 5.63. The van der Waals surface area contributed by atoms with Crippen LogP contribution in [0.5, 0.6) is 0 Å². The molecule has 3 aromatic rings. The van der Waals surface area contributed by atoms with Crippen LogP contribution in [-0.4, -0.2) is 25.3 Å². The fraction of sp³-hybridized carbons (Fsp3) is 0.200. The number of rotatable bonds is 5. The lowest BCUT2D eigenvalue weighted by Crippen LogP contribution is -2.49. The average molecular weight is 466 g/mol. The number of anilines is 2. The lowest BCUT2D eigenvalue weighted by Gasteiger charge is -2.38. The van der Waals surface area contributed by atoms with Crippen molar-refractivity contribution in [3.63, 3.8) is 0 Å². The molecule has 162 valence electrons. The summed E-state index contributed by atoms with van der Waals surface area (Å²) >= 11 is 12.2. The number of ether oxygens (including phenoxy) is 1. The van der Waals surface area contributed by atoms with Crippen LogP contribution in [0.3, 0.4) is 0 Å². The van der Waals surface area contributed by atoms with Gasteiger partial charge in [-0.25, -0.2) is 4.79 Å². The van der Waals surface area contributed by atoms with Gasteiger partial charge in [0.15, 0.2) is 0 Å². The van der Waals surface area contributed by atoms with E-state index in [2.05, 4.69) is 6.07 Å². The number of nitrogens with zero attached hydrogens (tertiary/aromatic N) is 3. The number of carbonyl (C=O) groups excluding carboxylic acids is 1. The van der Waals surface area contributed by atoms with Crippen LogP contribution in [0.4, 0.5) is 16.2 Å². The molecule has 1 aliphatic heterocycles. The zero-order valence-corrected chi connectivity index (χ0v) is 19.1. The second-order valence-electron chi connectivity index (χ2n) is 7.87. The van der Waals surface area contributed by atoms with Gasteiger partial charge in [-0.05, 0) is 73.2 Å². The van der Waals surface area contributed by atoms with Crippen molar-refractivity contribution in [3.8, 4) is 6.07 Å². The maximum Gasteiger partial charge on any atom is 0.330 e. The summed E-state index contributed by atoms with van der Waals surface area (Å²) in [5.74, 6) is 0. The van der Waals surface area contributed by atoms with Crippen LogP contribution in [0, 0.1) is 11.3 Å². The van der Waals surface area contributed by atoms with E-state index in [0.29, 0.717) is 27.0 Å². The predicted octanol–water partition coefficient (Wildman–Crippen LogP) is 6.46. The molecule has 4 rings (SSSR count). The third-order valence-electron chi connectivity index (χ3n) is 5.71. The van der Waals surface area contributed by atoms with Crippen LogP contribution in [0.1, 0.15) is 24.1 Å². The standard InChI is InChI=1S/C25H21Cl2N3O2/c1-25(16-32-2)23(18-5-3-4-17(14-18)15-28)29(21-10-6-19(26)7-11-21)24(31)30(25)22-12-8-20(27)9-13-22/h3-14,23H,16H2,1-2H3. The molecule has 1 fully saturated rings. The molecule has 0 spiro atoms. The Morgan fingerprint density at radius 2 is 1.59 bits per heavy atom. The smallest absolute Gasteiger partial charge is 0.330 e. The highest BCUT2D eigenvalue weighted by Crippen LogP contribution is 2.48. The number of carbonyl (C=O) groups is 1. The Hall–Kier alpha value is -3.04. The first-order chi connectivity index (χ1) is 15.4. The van der Waals surface area contributed by atoms with Gasteiger partial charge in [0.25, 0.3) is 0 Å². The summed E-state index contributed by atoms with van der Waals surface area (Å²) in [5.41, 5.74) is 1.98. The number of benzene rings is 3. The zero-order valence-electron chi connectivity index (χ0n) is 17.6. The van der Waals surface area contributed by atoms with Crippen molar-refractivity contribution in [3.05, 3.63) is 94.0 Å². The Balaban J connectivity index is 1.95. The van der Waals surface area contributed by atoms with Gasteiger partial charge < -0.3 is 4.74 Å². The van der Waals surface area contributed by atoms with E-state index in [1.165, 1.54) is 0 Å². The van der Waals surface area contributed by atoms with E-state index < -0.39 is 11.6 Å². The first-order valence-electron chi connectivity index (χ1n) is 10.0. The molecule has 0 radical (unpaired) electrons. The minimum Gasteiger partial charge on any atom is -0.382 e. The first-order valence-corrected chi connectivity index (χ1v) is 10.8. The predicted molar refractivity (Wildman–Crippen MR) is 127 cm³/mol. The van der Waals surface area contributed by atoms with Gasteiger partial charge in [-0.2, -0.15) is 5.26 Å². The molecular weight excluding hydrogens is 445 g/mol. The monoisotopic (exact) mass is 465 g/mol. The quantitative estimate of drug-likeness (QED) is 0.434. The van der Waals surface area contributed by atoms with Crippen molar-refractivity contribution in [1.29, 1.82) is 5.26 Å². The SMILES string of the molecule is COCC1(C)C(c2cccc(C#N)c2)N(c2ccc(Cl)cc2)C(=O)N1c1ccc(Cl)cc1. The van der Waals surface area contributed by atoms with Crippen LogP contribution in [0.15, 0.2) is 72.8 Å². The van der Waals surface area contributed by atoms with Gasteiger partial charge >= 0.3 is 6.03 Å². The van der Waals surface area contributed by atoms with Crippen molar-refractivity contribution in [2.75, 3.05) is 23.5 Å². The lowest BCUT2D eigenvalue weighted by molar-refractivity contribution is 0.134. The molecule has 0 aliphatic carbocycles. The Bertz CT molecular complexity index is 1180. The van der Waals surface area contributed by atoms with Gasteiger partial charge in [-0.1, -0.05) is 35.3 Å². The fourth-order valence-electron chi connectivity index (χ4n) is 4.42. The molecule has 32 heavy (non-hydrogen) atoms. The molecule has 0 saturated carbocycles. The average Bonchev–Trinajstić information content (AvgIpc) is 3.02. The normalized spacial score (nSPS) is 20.5. The van der Waals surface area contributed by atoms with Crippen molar-refractivity contribution in [2.45, 2.75) is 18.5 Å². The third-order valence-corrected chi connectivity index (χ3v) is 6.22. The van der Waals surface area contributed by atoms with E-state index in [4.69, 9.17) is 27.9 Å². The second-order valence-corrected chi connectivity index (χ2v) is 8.74. The highest BCUT2D eigenvalue weighted by atomic mass is 35.5.